The summed E-state index contributed by atoms with van der Waals surface area (Å²) in [5.74, 6) is 12.2. The normalized spacial score (nSPS) is 13.9. The predicted molar refractivity (Wildman–Crippen MR) is 261 cm³/mol. The Balaban J connectivity index is 1.33. The van der Waals surface area contributed by atoms with E-state index in [-0.39, 0.29) is 0 Å². The lowest BCUT2D eigenvalue weighted by molar-refractivity contribution is 0.560. The summed E-state index contributed by atoms with van der Waals surface area (Å²) in [6, 6.07) is 49.3. The quantitative estimate of drug-likeness (QED) is 0.136. The summed E-state index contributed by atoms with van der Waals surface area (Å²) in [6.07, 6.45) is 27.0. The van der Waals surface area contributed by atoms with Crippen LogP contribution in [0.25, 0.3) is 88.1 Å². The molecule has 0 N–H and O–H groups in total. The molecule has 62 heavy (non-hydrogen) atoms. The van der Waals surface area contributed by atoms with E-state index in [2.05, 4.69) is 180 Å². The van der Waals surface area contributed by atoms with Crippen LogP contribution in [-0.4, -0.2) is 9.13 Å². The molecule has 0 amide bonds. The Labute approximate surface area is 364 Å². The van der Waals surface area contributed by atoms with Gasteiger partial charge in [0.05, 0.1) is 11.0 Å². The van der Waals surface area contributed by atoms with Gasteiger partial charge in [0.25, 0.3) is 0 Å². The molecule has 0 spiro atoms. The number of terminal acetylenes is 4. The number of para-hydroxylation sites is 2. The topological polar surface area (TPSA) is 9.86 Å². The van der Waals surface area contributed by atoms with Crippen LogP contribution in [0.1, 0.15) is 61.8 Å². The van der Waals surface area contributed by atoms with Crippen LogP contribution in [0.4, 0.5) is 0 Å². The lowest BCUT2D eigenvalue weighted by Gasteiger charge is -2.29. The fourth-order valence-electron chi connectivity index (χ4n) is 11.9. The first kappa shape index (κ1) is 37.4. The molecule has 294 valence electrons. The highest BCUT2D eigenvalue weighted by atomic mass is 15.0. The number of aryl methyl sites for hydroxylation is 2. The lowest BCUT2D eigenvalue weighted by atomic mass is 9.72. The van der Waals surface area contributed by atoms with Crippen LogP contribution in [0.15, 0.2) is 133 Å². The van der Waals surface area contributed by atoms with Gasteiger partial charge in [-0.3, -0.25) is 0 Å². The molecule has 11 rings (SSSR count). The van der Waals surface area contributed by atoms with E-state index in [9.17, 15) is 0 Å². The fourth-order valence-corrected chi connectivity index (χ4v) is 11.9. The number of aromatic nitrogens is 2. The molecule has 2 nitrogen and oxygen atoms in total. The van der Waals surface area contributed by atoms with E-state index in [4.69, 9.17) is 25.7 Å². The van der Waals surface area contributed by atoms with Crippen LogP contribution in [-0.2, 0) is 23.9 Å². The highest BCUT2D eigenvalue weighted by molar-refractivity contribution is 6.32. The monoisotopic (exact) mass is 792 g/mol. The van der Waals surface area contributed by atoms with E-state index < -0.39 is 10.8 Å². The van der Waals surface area contributed by atoms with E-state index in [1.54, 1.807) is 0 Å². The third kappa shape index (κ3) is 4.76. The largest absolute Gasteiger partial charge is 0.340 e. The zero-order chi connectivity index (χ0) is 42.3. The molecule has 2 heterocycles. The molecule has 0 unspecified atom stereocenters. The van der Waals surface area contributed by atoms with Gasteiger partial charge in [-0.25, -0.2) is 0 Å². The van der Waals surface area contributed by atoms with Crippen molar-refractivity contribution in [3.8, 4) is 93.9 Å². The van der Waals surface area contributed by atoms with Gasteiger partial charge in [-0.2, -0.15) is 0 Å². The Morgan fingerprint density at radius 3 is 1.16 bits per heavy atom. The van der Waals surface area contributed by atoms with Gasteiger partial charge >= 0.3 is 0 Å². The Kier molecular flexibility index (Phi) is 8.43. The van der Waals surface area contributed by atoms with Crippen molar-refractivity contribution >= 4 is 43.6 Å². The highest BCUT2D eigenvalue weighted by Crippen LogP contribution is 2.58. The zero-order valence-electron chi connectivity index (χ0n) is 35.1. The maximum atomic E-state index is 6.23. The van der Waals surface area contributed by atoms with Crippen molar-refractivity contribution in [1.29, 1.82) is 0 Å². The van der Waals surface area contributed by atoms with Crippen LogP contribution in [0.3, 0.4) is 0 Å². The summed E-state index contributed by atoms with van der Waals surface area (Å²) in [4.78, 5) is 0. The van der Waals surface area contributed by atoms with Crippen LogP contribution < -0.4 is 0 Å². The van der Waals surface area contributed by atoms with Gasteiger partial charge in [0.1, 0.15) is 0 Å². The van der Waals surface area contributed by atoms with Crippen LogP contribution >= 0.6 is 0 Å². The van der Waals surface area contributed by atoms with Gasteiger partial charge in [0, 0.05) is 93.3 Å². The number of rotatable bonds is 8. The fraction of sp³-hybridized carbons (Fsp3) is 0.167. The van der Waals surface area contributed by atoms with Gasteiger partial charge in [-0.15, -0.1) is 49.4 Å². The summed E-state index contributed by atoms with van der Waals surface area (Å²) in [5, 5.41) is 4.92. The molecule has 0 atom stereocenters. The number of benzene rings is 7. The molecule has 9 aromatic rings. The van der Waals surface area contributed by atoms with Crippen LogP contribution in [0.2, 0.25) is 0 Å². The number of hydrogen-bond donors (Lipinski definition) is 0. The summed E-state index contributed by atoms with van der Waals surface area (Å²) < 4.78 is 5.06. The molecule has 2 aliphatic rings. The van der Waals surface area contributed by atoms with Crippen molar-refractivity contribution in [2.75, 3.05) is 0 Å². The second-order valence-corrected chi connectivity index (χ2v) is 17.0. The van der Waals surface area contributed by atoms with Crippen molar-refractivity contribution in [3.05, 3.63) is 156 Å². The van der Waals surface area contributed by atoms with Crippen molar-refractivity contribution in [2.45, 2.75) is 63.5 Å². The van der Waals surface area contributed by atoms with Gasteiger partial charge in [0.15, 0.2) is 0 Å². The van der Waals surface area contributed by atoms with Crippen molar-refractivity contribution in [2.24, 2.45) is 0 Å². The SMILES string of the molecule is C#CCC1(CC#C)c2ccccc2-c2ccc(-c3c4c5ccccc5n(CC)c4c(-c4ccc5c(c4)C(CC#C)(CC#C)c4ccccc4-5)c4c5ccccc5n(CC)c34)cc21. The van der Waals surface area contributed by atoms with Gasteiger partial charge < -0.3 is 9.13 Å². The molecular formula is C60H44N2. The van der Waals surface area contributed by atoms with E-state index in [0.717, 1.165) is 24.2 Å². The number of hydrogen-bond acceptors (Lipinski definition) is 0. The highest BCUT2D eigenvalue weighted by Gasteiger charge is 2.44. The first-order valence-corrected chi connectivity index (χ1v) is 21.7. The van der Waals surface area contributed by atoms with E-state index in [1.807, 2.05) is 0 Å². The van der Waals surface area contributed by atoms with Crippen molar-refractivity contribution in [1.82, 2.24) is 9.13 Å². The molecule has 0 aliphatic heterocycles. The minimum Gasteiger partial charge on any atom is -0.340 e. The average Bonchev–Trinajstić information content (AvgIpc) is 3.99. The standard InChI is InChI=1S/C60H44N2/c1-7-33-59(34-8-2)47-25-17-13-21-41(47)43-31-29-39(37-49(43)59)53-55-45-23-15-19-27-51(45)62(12-6)58(55)54(56-46-24-16-20-28-52(46)61(11-5)57(53)56)40-30-32-44-42-22-14-18-26-48(42)60(35-9-3,36-10-4)50(44)38-40/h1-4,13-32,37-38H,11-12,33-36H2,5-6H3. The molecule has 7 aromatic carbocycles. The predicted octanol–water partition coefficient (Wildman–Crippen LogP) is 13.9. The molecule has 2 aromatic heterocycles. The van der Waals surface area contributed by atoms with Crippen molar-refractivity contribution in [3.63, 3.8) is 0 Å². The van der Waals surface area contributed by atoms with Crippen molar-refractivity contribution < 1.29 is 0 Å². The molecular weight excluding hydrogens is 749 g/mol. The molecule has 2 heteroatoms. The average molecular weight is 793 g/mol. The summed E-state index contributed by atoms with van der Waals surface area (Å²) in [6.45, 7) is 6.10. The maximum absolute atomic E-state index is 6.23. The van der Waals surface area contributed by atoms with Gasteiger partial charge in [-0.1, -0.05) is 109 Å². The Hall–Kier alpha value is -7.62. The smallest absolute Gasteiger partial charge is 0.0585 e. The first-order chi connectivity index (χ1) is 30.5. The second-order valence-electron chi connectivity index (χ2n) is 17.0. The molecule has 0 saturated carbocycles. The first-order valence-electron chi connectivity index (χ1n) is 21.7. The summed E-state index contributed by atoms with van der Waals surface area (Å²) in [7, 11) is 0. The van der Waals surface area contributed by atoms with E-state index >= 15 is 0 Å². The molecule has 0 bridgehead atoms. The van der Waals surface area contributed by atoms with E-state index in [1.165, 1.54) is 99.2 Å². The summed E-state index contributed by atoms with van der Waals surface area (Å²) in [5.41, 5.74) is 18.2. The molecule has 0 fully saturated rings. The zero-order valence-corrected chi connectivity index (χ0v) is 35.1. The number of fused-ring (bicyclic) bond motifs is 12. The summed E-state index contributed by atoms with van der Waals surface area (Å²) >= 11 is 0. The lowest BCUT2D eigenvalue weighted by Crippen LogP contribution is -2.24. The third-order valence-electron chi connectivity index (χ3n) is 14.3. The maximum Gasteiger partial charge on any atom is 0.0585 e. The Morgan fingerprint density at radius 2 is 0.774 bits per heavy atom. The minimum absolute atomic E-state index is 0.496. The van der Waals surface area contributed by atoms with Crippen LogP contribution in [0.5, 0.6) is 0 Å². The second kappa shape index (κ2) is 14.0. The third-order valence-corrected chi connectivity index (χ3v) is 14.3. The molecule has 0 saturated heterocycles. The molecule has 2 aliphatic carbocycles. The molecule has 0 radical (unpaired) electrons. The Morgan fingerprint density at radius 1 is 0.419 bits per heavy atom. The minimum atomic E-state index is -0.496. The number of nitrogens with zero attached hydrogens (tertiary/aromatic N) is 2. The van der Waals surface area contributed by atoms with E-state index in [0.29, 0.717) is 25.7 Å². The van der Waals surface area contributed by atoms with Gasteiger partial charge in [0.2, 0.25) is 0 Å². The van der Waals surface area contributed by atoms with Crippen LogP contribution in [0, 0.1) is 49.4 Å². The van der Waals surface area contributed by atoms with Gasteiger partial charge in [-0.05, 0) is 93.7 Å². The Bertz CT molecular complexity index is 3280.